The highest BCUT2D eigenvalue weighted by molar-refractivity contribution is 6.03. The van der Waals surface area contributed by atoms with E-state index < -0.39 is 0 Å². The van der Waals surface area contributed by atoms with E-state index in [0.29, 0.717) is 40.0 Å². The Morgan fingerprint density at radius 3 is 2.69 bits per heavy atom. The van der Waals surface area contributed by atoms with Crippen molar-refractivity contribution in [2.24, 2.45) is 7.05 Å². The lowest BCUT2D eigenvalue weighted by Crippen LogP contribution is -2.56. The molecule has 6 rings (SSSR count). The van der Waals surface area contributed by atoms with Crippen molar-refractivity contribution in [3.05, 3.63) is 54.0 Å². The highest BCUT2D eigenvalue weighted by Gasteiger charge is 2.29. The minimum Gasteiger partial charge on any atom is -0.378 e. The van der Waals surface area contributed by atoms with Crippen molar-refractivity contribution >= 4 is 28.6 Å². The molecule has 0 spiro atoms. The van der Waals surface area contributed by atoms with Crippen LogP contribution in [0.5, 0.6) is 0 Å². The first-order valence-corrected chi connectivity index (χ1v) is 11.6. The number of aromatic nitrogens is 5. The first-order valence-electron chi connectivity index (χ1n) is 11.6. The number of piperazine rings is 1. The number of hydrogen-bond acceptors (Lipinski definition) is 7. The summed E-state index contributed by atoms with van der Waals surface area (Å²) < 4.78 is 20.4. The number of imidazole rings is 1. The molecule has 2 aliphatic rings. The highest BCUT2D eigenvalue weighted by atomic mass is 19.1. The number of H-pyrrole nitrogens is 1. The zero-order valence-electron chi connectivity index (χ0n) is 19.2. The normalized spacial score (nSPS) is 17.0. The molecule has 0 aliphatic carbocycles. The molecule has 3 aromatic heterocycles. The van der Waals surface area contributed by atoms with Crippen molar-refractivity contribution in [3.63, 3.8) is 0 Å². The van der Waals surface area contributed by atoms with Gasteiger partial charge in [0, 0.05) is 45.5 Å². The minimum absolute atomic E-state index is 0.296. The molecule has 10 nitrogen and oxygen atoms in total. The highest BCUT2D eigenvalue weighted by Crippen LogP contribution is 2.24. The Morgan fingerprint density at radius 2 is 1.97 bits per heavy atom. The van der Waals surface area contributed by atoms with E-state index in [2.05, 4.69) is 35.2 Å². The molecule has 180 valence electrons. The monoisotopic (exact) mass is 476 g/mol. The van der Waals surface area contributed by atoms with Crippen LogP contribution in [0.3, 0.4) is 0 Å². The average molecular weight is 477 g/mol. The quantitative estimate of drug-likeness (QED) is 0.455. The molecule has 0 unspecified atom stereocenters. The van der Waals surface area contributed by atoms with E-state index in [-0.39, 0.29) is 11.7 Å². The summed E-state index contributed by atoms with van der Waals surface area (Å²) in [6.45, 7) is 5.44. The number of carbonyl (C=O) groups excluding carboxylic acids is 1. The van der Waals surface area contributed by atoms with Gasteiger partial charge in [0.05, 0.1) is 35.9 Å². The Bertz CT molecular complexity index is 1370. The third-order valence-electron chi connectivity index (χ3n) is 6.59. The maximum Gasteiger partial charge on any atom is 0.258 e. The lowest BCUT2D eigenvalue weighted by atomic mass is 10.2. The van der Waals surface area contributed by atoms with E-state index in [1.165, 1.54) is 12.1 Å². The SMILES string of the molecule is Cn1nc(NC(=O)c2ccc(N3CCN(C4COC4)CC3)nc2)cc1-c1nc2ccc(F)cc2[nH]1. The Hall–Kier alpha value is -3.83. The van der Waals surface area contributed by atoms with Crippen molar-refractivity contribution in [1.82, 2.24) is 29.6 Å². The number of anilines is 2. The fourth-order valence-electron chi connectivity index (χ4n) is 4.50. The number of hydrogen-bond donors (Lipinski definition) is 2. The van der Waals surface area contributed by atoms with Gasteiger partial charge in [0.2, 0.25) is 0 Å². The molecule has 0 saturated carbocycles. The van der Waals surface area contributed by atoms with Gasteiger partial charge in [-0.3, -0.25) is 14.4 Å². The van der Waals surface area contributed by atoms with Crippen molar-refractivity contribution in [3.8, 4) is 11.5 Å². The van der Waals surface area contributed by atoms with E-state index in [4.69, 9.17) is 4.74 Å². The summed E-state index contributed by atoms with van der Waals surface area (Å²) in [4.78, 5) is 29.6. The van der Waals surface area contributed by atoms with E-state index in [0.717, 1.165) is 45.2 Å². The van der Waals surface area contributed by atoms with Gasteiger partial charge in [-0.15, -0.1) is 0 Å². The van der Waals surface area contributed by atoms with Crippen molar-refractivity contribution in [1.29, 1.82) is 0 Å². The molecule has 2 aliphatic heterocycles. The van der Waals surface area contributed by atoms with Crippen LogP contribution in [-0.2, 0) is 11.8 Å². The van der Waals surface area contributed by atoms with Crippen LogP contribution in [0.15, 0.2) is 42.6 Å². The standard InChI is InChI=1S/C24H25FN8O2/c1-31-20(23-27-18-4-3-16(25)10-19(18)28-23)11-21(30-31)29-24(34)15-2-5-22(26-12-15)33-8-6-32(7-9-33)17-13-35-14-17/h2-5,10-12,17H,6-9,13-14H2,1H3,(H,27,28)(H,29,30,34). The summed E-state index contributed by atoms with van der Waals surface area (Å²) >= 11 is 0. The summed E-state index contributed by atoms with van der Waals surface area (Å²) in [5.41, 5.74) is 2.36. The topological polar surface area (TPSA) is 104 Å². The molecular weight excluding hydrogens is 451 g/mol. The van der Waals surface area contributed by atoms with Gasteiger partial charge in [-0.05, 0) is 30.3 Å². The summed E-state index contributed by atoms with van der Waals surface area (Å²) in [5.74, 6) is 1.16. The average Bonchev–Trinajstić information content (AvgIpc) is 3.41. The summed E-state index contributed by atoms with van der Waals surface area (Å²) in [5, 5.41) is 7.19. The maximum atomic E-state index is 13.5. The fraction of sp³-hybridized carbons (Fsp3) is 0.333. The summed E-state index contributed by atoms with van der Waals surface area (Å²) in [6, 6.07) is 10.3. The molecule has 5 heterocycles. The van der Waals surface area contributed by atoms with Gasteiger partial charge < -0.3 is 19.9 Å². The molecule has 35 heavy (non-hydrogen) atoms. The van der Waals surface area contributed by atoms with Crippen LogP contribution in [0.2, 0.25) is 0 Å². The Labute approximate surface area is 200 Å². The third-order valence-corrected chi connectivity index (χ3v) is 6.59. The lowest BCUT2D eigenvalue weighted by molar-refractivity contribution is -0.0661. The van der Waals surface area contributed by atoms with Gasteiger partial charge in [0.1, 0.15) is 17.3 Å². The number of rotatable bonds is 5. The number of benzene rings is 1. The van der Waals surface area contributed by atoms with Gasteiger partial charge in [-0.1, -0.05) is 0 Å². The van der Waals surface area contributed by atoms with E-state index in [1.807, 2.05) is 6.07 Å². The number of halogens is 1. The van der Waals surface area contributed by atoms with Gasteiger partial charge in [0.25, 0.3) is 5.91 Å². The molecule has 11 heteroatoms. The second-order valence-electron chi connectivity index (χ2n) is 8.86. The Balaban J connectivity index is 1.11. The molecule has 1 aromatic carbocycles. The number of carbonyl (C=O) groups is 1. The van der Waals surface area contributed by atoms with Crippen LogP contribution in [0.25, 0.3) is 22.6 Å². The van der Waals surface area contributed by atoms with Gasteiger partial charge in [-0.25, -0.2) is 14.4 Å². The largest absolute Gasteiger partial charge is 0.378 e. The number of ether oxygens (including phenoxy) is 1. The van der Waals surface area contributed by atoms with E-state index in [9.17, 15) is 9.18 Å². The molecule has 2 fully saturated rings. The van der Waals surface area contributed by atoms with Crippen LogP contribution < -0.4 is 10.2 Å². The first kappa shape index (κ1) is 21.7. The van der Waals surface area contributed by atoms with Gasteiger partial charge in [-0.2, -0.15) is 5.10 Å². The molecule has 0 atom stereocenters. The Kier molecular flexibility index (Phi) is 5.42. The number of pyridine rings is 1. The number of aromatic amines is 1. The van der Waals surface area contributed by atoms with Crippen LogP contribution in [0.4, 0.5) is 16.0 Å². The van der Waals surface area contributed by atoms with E-state index >= 15 is 0 Å². The van der Waals surface area contributed by atoms with Gasteiger partial charge >= 0.3 is 0 Å². The summed E-state index contributed by atoms with van der Waals surface area (Å²) in [7, 11) is 1.76. The maximum absolute atomic E-state index is 13.5. The smallest absolute Gasteiger partial charge is 0.258 e. The summed E-state index contributed by atoms with van der Waals surface area (Å²) in [6.07, 6.45) is 1.59. The number of fused-ring (bicyclic) bond motifs is 1. The molecule has 0 bridgehead atoms. The number of nitrogens with zero attached hydrogens (tertiary/aromatic N) is 6. The van der Waals surface area contributed by atoms with Crippen molar-refractivity contribution in [2.45, 2.75) is 6.04 Å². The lowest BCUT2D eigenvalue weighted by Gasteiger charge is -2.42. The van der Waals surface area contributed by atoms with Crippen LogP contribution in [0.1, 0.15) is 10.4 Å². The zero-order valence-corrected chi connectivity index (χ0v) is 19.2. The predicted molar refractivity (Wildman–Crippen MR) is 129 cm³/mol. The molecule has 4 aromatic rings. The van der Waals surface area contributed by atoms with E-state index in [1.54, 1.807) is 36.1 Å². The second kappa shape index (κ2) is 8.75. The second-order valence-corrected chi connectivity index (χ2v) is 8.86. The molecule has 0 radical (unpaired) electrons. The fourth-order valence-corrected chi connectivity index (χ4v) is 4.50. The first-order chi connectivity index (χ1) is 17.0. The molecular formula is C24H25FN8O2. The van der Waals surface area contributed by atoms with Gasteiger partial charge in [0.15, 0.2) is 11.6 Å². The molecule has 2 N–H and O–H groups in total. The number of aryl methyl sites for hydroxylation is 1. The molecule has 1 amide bonds. The van der Waals surface area contributed by atoms with Crippen LogP contribution >= 0.6 is 0 Å². The molecule has 2 saturated heterocycles. The number of amides is 1. The third kappa shape index (κ3) is 4.24. The van der Waals surface area contributed by atoms with Crippen molar-refractivity contribution in [2.75, 3.05) is 49.6 Å². The predicted octanol–water partition coefficient (Wildman–Crippen LogP) is 2.27. The minimum atomic E-state index is -0.337. The Morgan fingerprint density at radius 1 is 1.14 bits per heavy atom. The van der Waals surface area contributed by atoms with Crippen LogP contribution in [0, 0.1) is 5.82 Å². The zero-order chi connectivity index (χ0) is 23.9. The van der Waals surface area contributed by atoms with Crippen molar-refractivity contribution < 1.29 is 13.9 Å². The van der Waals surface area contributed by atoms with Crippen LogP contribution in [-0.4, -0.2) is 81.0 Å². The number of nitrogens with one attached hydrogen (secondary N) is 2.